The van der Waals surface area contributed by atoms with Gasteiger partial charge in [-0.05, 0) is 31.2 Å². The fourth-order valence-electron chi connectivity index (χ4n) is 3.71. The smallest absolute Gasteiger partial charge is 0.265 e. The Morgan fingerprint density at radius 2 is 1.70 bits per heavy atom. The number of carbonyl (C=O) groups is 1. The summed E-state index contributed by atoms with van der Waals surface area (Å²) < 4.78 is 0. The minimum absolute atomic E-state index is 0.0489. The first-order valence-corrected chi connectivity index (χ1v) is 11.6. The van der Waals surface area contributed by atoms with Crippen molar-refractivity contribution in [1.82, 2.24) is 25.1 Å². The molecule has 1 fully saturated rings. The molecule has 0 radical (unpaired) electrons. The second-order valence-electron chi connectivity index (χ2n) is 7.70. The number of aromatic nitrogens is 4. The molecule has 33 heavy (non-hydrogen) atoms. The molecule has 1 N–H and O–H groups in total. The molecule has 3 aromatic heterocycles. The van der Waals surface area contributed by atoms with E-state index in [9.17, 15) is 4.79 Å². The molecule has 1 aliphatic heterocycles. The lowest BCUT2D eigenvalue weighted by molar-refractivity contribution is 0.0750. The molecule has 0 bridgehead atoms. The van der Waals surface area contributed by atoms with Crippen molar-refractivity contribution in [2.45, 2.75) is 6.92 Å². The van der Waals surface area contributed by atoms with E-state index in [1.165, 1.54) is 11.3 Å². The number of anilines is 3. The van der Waals surface area contributed by atoms with Crippen LogP contribution in [0.3, 0.4) is 0 Å². The van der Waals surface area contributed by atoms with Crippen molar-refractivity contribution in [3.05, 3.63) is 77.4 Å². The molecule has 4 aromatic rings. The summed E-state index contributed by atoms with van der Waals surface area (Å²) in [5.74, 6) is 2.21. The summed E-state index contributed by atoms with van der Waals surface area (Å²) in [6.07, 6.45) is 1.72. The highest BCUT2D eigenvalue weighted by Gasteiger charge is 2.26. The molecule has 0 atom stereocenters. The fourth-order valence-corrected chi connectivity index (χ4v) is 4.75. The van der Waals surface area contributed by atoms with Gasteiger partial charge >= 0.3 is 0 Å². The van der Waals surface area contributed by atoms with Crippen molar-refractivity contribution >= 4 is 34.7 Å². The van der Waals surface area contributed by atoms with Gasteiger partial charge in [0.25, 0.3) is 5.91 Å². The molecule has 4 heterocycles. The summed E-state index contributed by atoms with van der Waals surface area (Å²) in [7, 11) is 0. The van der Waals surface area contributed by atoms with Crippen LogP contribution in [0.1, 0.15) is 15.4 Å². The highest BCUT2D eigenvalue weighted by molar-refractivity contribution is 7.17. The van der Waals surface area contributed by atoms with Gasteiger partial charge in [0.1, 0.15) is 15.7 Å². The molecule has 9 heteroatoms. The Labute approximate surface area is 196 Å². The van der Waals surface area contributed by atoms with Crippen LogP contribution in [0.2, 0.25) is 0 Å². The number of amides is 1. The highest BCUT2D eigenvalue weighted by atomic mass is 32.1. The number of carbonyl (C=O) groups excluding carboxylic acids is 1. The van der Waals surface area contributed by atoms with E-state index < -0.39 is 0 Å². The fraction of sp³-hybridized carbons (Fsp3) is 0.208. The third-order valence-corrected chi connectivity index (χ3v) is 6.67. The zero-order chi connectivity index (χ0) is 22.6. The lowest BCUT2D eigenvalue weighted by atomic mass is 10.2. The van der Waals surface area contributed by atoms with E-state index in [0.29, 0.717) is 36.9 Å². The van der Waals surface area contributed by atoms with Gasteiger partial charge in [-0.25, -0.2) is 9.97 Å². The van der Waals surface area contributed by atoms with Gasteiger partial charge in [-0.15, -0.1) is 21.5 Å². The molecule has 0 spiro atoms. The number of nitrogens with zero attached hydrogens (tertiary/aromatic N) is 6. The Morgan fingerprint density at radius 3 is 2.39 bits per heavy atom. The van der Waals surface area contributed by atoms with Gasteiger partial charge in [-0.1, -0.05) is 36.4 Å². The Hall–Kier alpha value is -3.85. The van der Waals surface area contributed by atoms with E-state index in [-0.39, 0.29) is 5.91 Å². The molecule has 8 nitrogen and oxygen atoms in total. The summed E-state index contributed by atoms with van der Waals surface area (Å²) in [6, 6.07) is 19.5. The van der Waals surface area contributed by atoms with Crippen LogP contribution in [0.25, 0.3) is 10.6 Å². The van der Waals surface area contributed by atoms with Crippen LogP contribution < -0.4 is 10.2 Å². The molecule has 0 unspecified atom stereocenters. The number of rotatable bonds is 5. The standard InChI is InChI=1S/C24H23N7OS/c1-17-22(33-23(26-17)18-7-3-2-4-8-18)24(32)31-15-13-30(14-16-31)21-11-10-20(28-29-21)27-19-9-5-6-12-25-19/h2-12H,13-16H2,1H3,(H,25,27,28). The largest absolute Gasteiger partial charge is 0.352 e. The number of hydrogen-bond donors (Lipinski definition) is 1. The van der Waals surface area contributed by atoms with E-state index in [0.717, 1.165) is 27.9 Å². The molecular weight excluding hydrogens is 434 g/mol. The van der Waals surface area contributed by atoms with Crippen LogP contribution in [0.5, 0.6) is 0 Å². The minimum Gasteiger partial charge on any atom is -0.352 e. The average Bonchev–Trinajstić information content (AvgIpc) is 3.27. The Kier molecular flexibility index (Phi) is 5.95. The normalized spacial score (nSPS) is 13.7. The highest BCUT2D eigenvalue weighted by Crippen LogP contribution is 2.29. The van der Waals surface area contributed by atoms with Crippen LogP contribution in [0.4, 0.5) is 17.5 Å². The van der Waals surface area contributed by atoms with Gasteiger partial charge in [0, 0.05) is 37.9 Å². The second kappa shape index (κ2) is 9.33. The predicted octanol–water partition coefficient (Wildman–Crippen LogP) is 4.01. The van der Waals surface area contributed by atoms with E-state index in [1.807, 2.05) is 72.5 Å². The van der Waals surface area contributed by atoms with E-state index >= 15 is 0 Å². The first-order valence-electron chi connectivity index (χ1n) is 10.8. The summed E-state index contributed by atoms with van der Waals surface area (Å²) in [5, 5.41) is 12.6. The zero-order valence-corrected chi connectivity index (χ0v) is 19.0. The van der Waals surface area contributed by atoms with Crippen molar-refractivity contribution in [2.75, 3.05) is 36.4 Å². The molecule has 0 saturated carbocycles. The monoisotopic (exact) mass is 457 g/mol. The SMILES string of the molecule is Cc1nc(-c2ccccc2)sc1C(=O)N1CCN(c2ccc(Nc3ccccn3)nn2)CC1. The number of benzene rings is 1. The summed E-state index contributed by atoms with van der Waals surface area (Å²) in [4.78, 5) is 26.8. The second-order valence-corrected chi connectivity index (χ2v) is 8.69. The van der Waals surface area contributed by atoms with Gasteiger partial charge in [0.05, 0.1) is 5.69 Å². The van der Waals surface area contributed by atoms with Crippen molar-refractivity contribution < 1.29 is 4.79 Å². The summed E-state index contributed by atoms with van der Waals surface area (Å²) in [5.41, 5.74) is 1.82. The Balaban J connectivity index is 1.20. The summed E-state index contributed by atoms with van der Waals surface area (Å²) >= 11 is 1.46. The third-order valence-electron chi connectivity index (χ3n) is 5.47. The average molecular weight is 458 g/mol. The van der Waals surface area contributed by atoms with Crippen LogP contribution in [0, 0.1) is 6.92 Å². The molecule has 1 amide bonds. The molecule has 1 saturated heterocycles. The molecule has 5 rings (SSSR count). The Morgan fingerprint density at radius 1 is 0.909 bits per heavy atom. The maximum absolute atomic E-state index is 13.2. The quantitative estimate of drug-likeness (QED) is 0.484. The molecule has 1 aliphatic rings. The lowest BCUT2D eigenvalue weighted by Crippen LogP contribution is -2.49. The van der Waals surface area contributed by atoms with Crippen LogP contribution in [-0.2, 0) is 0 Å². The van der Waals surface area contributed by atoms with Gasteiger partial charge in [0.15, 0.2) is 11.6 Å². The van der Waals surface area contributed by atoms with Crippen LogP contribution >= 0.6 is 11.3 Å². The van der Waals surface area contributed by atoms with Gasteiger partial charge in [-0.3, -0.25) is 4.79 Å². The zero-order valence-electron chi connectivity index (χ0n) is 18.2. The first kappa shape index (κ1) is 21.0. The van der Waals surface area contributed by atoms with Gasteiger partial charge in [0.2, 0.25) is 0 Å². The van der Waals surface area contributed by atoms with E-state index in [2.05, 4.69) is 30.4 Å². The van der Waals surface area contributed by atoms with Crippen LogP contribution in [0.15, 0.2) is 66.9 Å². The summed E-state index contributed by atoms with van der Waals surface area (Å²) in [6.45, 7) is 4.58. The molecular formula is C24H23N7OS. The van der Waals surface area contributed by atoms with Gasteiger partial charge in [-0.2, -0.15) is 0 Å². The lowest BCUT2D eigenvalue weighted by Gasteiger charge is -2.35. The first-order chi connectivity index (χ1) is 16.2. The number of pyridine rings is 1. The number of aryl methyl sites for hydroxylation is 1. The topological polar surface area (TPSA) is 87.1 Å². The van der Waals surface area contributed by atoms with Crippen molar-refractivity contribution in [2.24, 2.45) is 0 Å². The van der Waals surface area contributed by atoms with E-state index in [1.54, 1.807) is 6.20 Å². The Bertz CT molecular complexity index is 1220. The van der Waals surface area contributed by atoms with Crippen LogP contribution in [-0.4, -0.2) is 57.2 Å². The maximum atomic E-state index is 13.2. The minimum atomic E-state index is 0.0489. The maximum Gasteiger partial charge on any atom is 0.265 e. The van der Waals surface area contributed by atoms with E-state index in [4.69, 9.17) is 0 Å². The van der Waals surface area contributed by atoms with Crippen molar-refractivity contribution in [1.29, 1.82) is 0 Å². The third kappa shape index (κ3) is 4.68. The molecule has 166 valence electrons. The van der Waals surface area contributed by atoms with Crippen molar-refractivity contribution in [3.8, 4) is 10.6 Å². The number of piperazine rings is 1. The predicted molar refractivity (Wildman–Crippen MR) is 130 cm³/mol. The van der Waals surface area contributed by atoms with Crippen molar-refractivity contribution in [3.63, 3.8) is 0 Å². The molecule has 0 aliphatic carbocycles. The molecule has 1 aromatic carbocycles. The number of thiazole rings is 1. The number of hydrogen-bond acceptors (Lipinski definition) is 8. The number of nitrogens with one attached hydrogen (secondary N) is 1. The van der Waals surface area contributed by atoms with Gasteiger partial charge < -0.3 is 15.1 Å².